The third-order valence-corrected chi connectivity index (χ3v) is 4.28. The zero-order chi connectivity index (χ0) is 13.4. The molecule has 2 saturated carbocycles. The summed E-state index contributed by atoms with van der Waals surface area (Å²) in [5.41, 5.74) is -0.0285. The molecule has 2 aliphatic carbocycles. The first kappa shape index (κ1) is 13.7. The number of carbonyl (C=O) groups excluding carboxylic acids is 1. The Labute approximate surface area is 109 Å². The Bertz CT molecular complexity index is 313. The summed E-state index contributed by atoms with van der Waals surface area (Å²) in [5.74, 6) is 0.514. The number of aliphatic hydroxyl groups excluding tert-OH is 1. The van der Waals surface area contributed by atoms with Crippen LogP contribution in [0.3, 0.4) is 0 Å². The average Bonchev–Trinajstić information content (AvgIpc) is 2.93. The highest BCUT2D eigenvalue weighted by Gasteiger charge is 2.54. The Morgan fingerprint density at radius 3 is 2.44 bits per heavy atom. The highest BCUT2D eigenvalue weighted by molar-refractivity contribution is 5.68. The molecule has 4 heteroatoms. The molecule has 2 fully saturated rings. The predicted molar refractivity (Wildman–Crippen MR) is 69.3 cm³/mol. The summed E-state index contributed by atoms with van der Waals surface area (Å²) in [6.45, 7) is 5.94. The molecule has 104 valence electrons. The Hall–Kier alpha value is -0.770. The van der Waals surface area contributed by atoms with E-state index in [0.717, 1.165) is 25.7 Å². The predicted octanol–water partition coefficient (Wildman–Crippen LogP) is 2.45. The van der Waals surface area contributed by atoms with E-state index in [1.165, 1.54) is 6.42 Å². The number of aliphatic hydroxyl groups is 1. The summed E-state index contributed by atoms with van der Waals surface area (Å²) in [6, 6.07) is 0.241. The molecule has 0 radical (unpaired) electrons. The van der Waals surface area contributed by atoms with Crippen molar-refractivity contribution in [2.75, 3.05) is 6.61 Å². The van der Waals surface area contributed by atoms with E-state index in [1.807, 2.05) is 20.8 Å². The van der Waals surface area contributed by atoms with Crippen LogP contribution in [-0.2, 0) is 4.74 Å². The lowest BCUT2D eigenvalue weighted by molar-refractivity contribution is 0.0482. The lowest BCUT2D eigenvalue weighted by Crippen LogP contribution is -2.41. The fraction of sp³-hybridized carbons (Fsp3) is 0.929. The van der Waals surface area contributed by atoms with Gasteiger partial charge in [-0.25, -0.2) is 4.79 Å². The maximum Gasteiger partial charge on any atom is 0.407 e. The van der Waals surface area contributed by atoms with Gasteiger partial charge in [0.25, 0.3) is 0 Å². The van der Waals surface area contributed by atoms with Gasteiger partial charge in [-0.05, 0) is 64.2 Å². The molecule has 0 bridgehead atoms. The Balaban J connectivity index is 1.73. The third kappa shape index (κ3) is 3.16. The molecule has 0 aromatic carbocycles. The molecule has 1 spiro atoms. The monoisotopic (exact) mass is 255 g/mol. The van der Waals surface area contributed by atoms with E-state index in [-0.39, 0.29) is 12.1 Å². The molecule has 1 unspecified atom stereocenters. The van der Waals surface area contributed by atoms with Crippen LogP contribution in [0.25, 0.3) is 0 Å². The number of nitrogens with one attached hydrogen (secondary N) is 1. The fourth-order valence-electron chi connectivity index (χ4n) is 3.11. The summed E-state index contributed by atoms with van der Waals surface area (Å²) in [5, 5.41) is 12.1. The fourth-order valence-corrected chi connectivity index (χ4v) is 3.11. The van der Waals surface area contributed by atoms with Crippen LogP contribution in [0.15, 0.2) is 0 Å². The van der Waals surface area contributed by atoms with Crippen molar-refractivity contribution in [2.45, 2.75) is 64.5 Å². The number of hydrogen-bond donors (Lipinski definition) is 2. The minimum atomic E-state index is -0.432. The van der Waals surface area contributed by atoms with Crippen LogP contribution >= 0.6 is 0 Å². The Morgan fingerprint density at radius 1 is 1.39 bits per heavy atom. The summed E-state index contributed by atoms with van der Waals surface area (Å²) >= 11 is 0. The summed E-state index contributed by atoms with van der Waals surface area (Å²) in [6.07, 6.45) is 5.13. The molecule has 0 saturated heterocycles. The van der Waals surface area contributed by atoms with Crippen molar-refractivity contribution in [1.29, 1.82) is 0 Å². The smallest absolute Gasteiger partial charge is 0.407 e. The SMILES string of the molecule is CC(C)(C)OC(=O)NC1CCC2(CC1)CC2CO. The molecule has 4 nitrogen and oxygen atoms in total. The first-order valence-electron chi connectivity index (χ1n) is 6.95. The van der Waals surface area contributed by atoms with Crippen molar-refractivity contribution in [2.24, 2.45) is 11.3 Å². The average molecular weight is 255 g/mol. The van der Waals surface area contributed by atoms with E-state index in [9.17, 15) is 9.90 Å². The quantitative estimate of drug-likeness (QED) is 0.797. The number of amides is 1. The van der Waals surface area contributed by atoms with E-state index in [2.05, 4.69) is 5.32 Å². The molecule has 0 heterocycles. The molecule has 0 aromatic heterocycles. The van der Waals surface area contributed by atoms with E-state index < -0.39 is 5.60 Å². The Kier molecular flexibility index (Phi) is 3.58. The molecule has 2 rings (SSSR count). The molecule has 0 aliphatic heterocycles. The lowest BCUT2D eigenvalue weighted by Gasteiger charge is -2.30. The number of hydrogen-bond acceptors (Lipinski definition) is 3. The van der Waals surface area contributed by atoms with Gasteiger partial charge in [0.2, 0.25) is 0 Å². The van der Waals surface area contributed by atoms with Crippen LogP contribution in [0.4, 0.5) is 4.79 Å². The number of rotatable bonds is 2. The number of carbonyl (C=O) groups is 1. The van der Waals surface area contributed by atoms with Gasteiger partial charge >= 0.3 is 6.09 Å². The zero-order valence-electron chi connectivity index (χ0n) is 11.7. The van der Waals surface area contributed by atoms with E-state index in [0.29, 0.717) is 17.9 Å². The van der Waals surface area contributed by atoms with Crippen molar-refractivity contribution in [3.05, 3.63) is 0 Å². The maximum absolute atomic E-state index is 11.7. The minimum absolute atomic E-state index is 0.241. The van der Waals surface area contributed by atoms with Crippen LogP contribution in [0, 0.1) is 11.3 Å². The summed E-state index contributed by atoms with van der Waals surface area (Å²) < 4.78 is 5.26. The first-order chi connectivity index (χ1) is 8.35. The van der Waals surface area contributed by atoms with Gasteiger partial charge in [-0.3, -0.25) is 0 Å². The highest BCUT2D eigenvalue weighted by atomic mass is 16.6. The van der Waals surface area contributed by atoms with Crippen molar-refractivity contribution < 1.29 is 14.6 Å². The van der Waals surface area contributed by atoms with Gasteiger partial charge in [-0.2, -0.15) is 0 Å². The second kappa shape index (κ2) is 4.72. The number of alkyl carbamates (subject to hydrolysis) is 1. The molecule has 0 aromatic rings. The summed E-state index contributed by atoms with van der Waals surface area (Å²) in [4.78, 5) is 11.7. The van der Waals surface area contributed by atoms with Gasteiger partial charge in [-0.15, -0.1) is 0 Å². The second-order valence-electron chi connectivity index (χ2n) is 6.87. The van der Waals surface area contributed by atoms with Crippen molar-refractivity contribution in [3.8, 4) is 0 Å². The molecule has 1 atom stereocenters. The largest absolute Gasteiger partial charge is 0.444 e. The second-order valence-corrected chi connectivity index (χ2v) is 6.87. The highest BCUT2D eigenvalue weighted by Crippen LogP contribution is 2.60. The van der Waals surface area contributed by atoms with Gasteiger partial charge in [0.15, 0.2) is 0 Å². The number of ether oxygens (including phenoxy) is 1. The van der Waals surface area contributed by atoms with Crippen LogP contribution in [0.1, 0.15) is 52.9 Å². The van der Waals surface area contributed by atoms with Gasteiger partial charge in [-0.1, -0.05) is 0 Å². The molecular formula is C14H25NO3. The van der Waals surface area contributed by atoms with Gasteiger partial charge in [0.05, 0.1) is 0 Å². The summed E-state index contributed by atoms with van der Waals surface area (Å²) in [7, 11) is 0. The van der Waals surface area contributed by atoms with Crippen molar-refractivity contribution in [1.82, 2.24) is 5.32 Å². The molecule has 18 heavy (non-hydrogen) atoms. The van der Waals surface area contributed by atoms with Crippen LogP contribution in [-0.4, -0.2) is 29.4 Å². The van der Waals surface area contributed by atoms with E-state index >= 15 is 0 Å². The van der Waals surface area contributed by atoms with Crippen LogP contribution < -0.4 is 5.32 Å². The van der Waals surface area contributed by atoms with E-state index in [4.69, 9.17) is 4.74 Å². The van der Waals surface area contributed by atoms with Gasteiger partial charge in [0.1, 0.15) is 5.60 Å². The van der Waals surface area contributed by atoms with E-state index in [1.54, 1.807) is 0 Å². The van der Waals surface area contributed by atoms with Crippen LogP contribution in [0.5, 0.6) is 0 Å². The molecule has 2 N–H and O–H groups in total. The third-order valence-electron chi connectivity index (χ3n) is 4.28. The normalized spacial score (nSPS) is 35.3. The molecule has 2 aliphatic rings. The molecule has 1 amide bonds. The molecular weight excluding hydrogens is 230 g/mol. The Morgan fingerprint density at radius 2 is 2.00 bits per heavy atom. The lowest BCUT2D eigenvalue weighted by atomic mass is 9.82. The topological polar surface area (TPSA) is 58.6 Å². The van der Waals surface area contributed by atoms with Gasteiger partial charge in [0, 0.05) is 12.6 Å². The van der Waals surface area contributed by atoms with Crippen LogP contribution in [0.2, 0.25) is 0 Å². The maximum atomic E-state index is 11.7. The van der Waals surface area contributed by atoms with Crippen molar-refractivity contribution >= 4 is 6.09 Å². The van der Waals surface area contributed by atoms with Gasteiger partial charge < -0.3 is 15.2 Å². The standard InChI is InChI=1S/C14H25NO3/c1-13(2,3)18-12(17)15-11-4-6-14(7-5-11)8-10(14)9-16/h10-11,16H,4-9H2,1-3H3,(H,15,17). The first-order valence-corrected chi connectivity index (χ1v) is 6.95. The zero-order valence-corrected chi connectivity index (χ0v) is 11.7. The minimum Gasteiger partial charge on any atom is -0.444 e. The van der Waals surface area contributed by atoms with Crippen molar-refractivity contribution in [3.63, 3.8) is 0 Å².